The fourth-order valence-corrected chi connectivity index (χ4v) is 3.45. The highest BCUT2D eigenvalue weighted by molar-refractivity contribution is 5.72. The zero-order valence-corrected chi connectivity index (χ0v) is 16.1. The van der Waals surface area contributed by atoms with Crippen molar-refractivity contribution >= 4 is 12.1 Å². The van der Waals surface area contributed by atoms with Gasteiger partial charge in [0, 0.05) is 0 Å². The average molecular weight is 400 g/mol. The molecular formula is C17H24N2O9. The predicted molar refractivity (Wildman–Crippen MR) is 93.8 cm³/mol. The van der Waals surface area contributed by atoms with E-state index in [2.05, 4.69) is 0 Å². The molecule has 11 heteroatoms. The molecule has 1 aromatic heterocycles. The first-order valence-electron chi connectivity index (χ1n) is 8.85. The van der Waals surface area contributed by atoms with Crippen LogP contribution in [0.25, 0.3) is 0 Å². The Morgan fingerprint density at radius 1 is 1.04 bits per heavy atom. The molecule has 2 aliphatic heterocycles. The Morgan fingerprint density at radius 3 is 2.14 bits per heavy atom. The van der Waals surface area contributed by atoms with Gasteiger partial charge in [-0.25, -0.2) is 4.74 Å². The van der Waals surface area contributed by atoms with Gasteiger partial charge in [-0.3, -0.25) is 10.1 Å². The van der Waals surface area contributed by atoms with Crippen molar-refractivity contribution in [1.82, 2.24) is 0 Å². The van der Waals surface area contributed by atoms with Crippen LogP contribution in [0.1, 0.15) is 33.5 Å². The van der Waals surface area contributed by atoms with Crippen molar-refractivity contribution in [2.75, 3.05) is 13.2 Å². The zero-order chi connectivity index (χ0) is 20.7. The molecule has 28 heavy (non-hydrogen) atoms. The summed E-state index contributed by atoms with van der Waals surface area (Å²) in [5, 5.41) is 32.7. The molecule has 0 bridgehead atoms. The van der Waals surface area contributed by atoms with Gasteiger partial charge < -0.3 is 33.7 Å². The molecule has 3 rings (SSSR count). The molecule has 156 valence electrons. The first kappa shape index (κ1) is 20.7. The monoisotopic (exact) mass is 400 g/mol. The normalized spacial score (nSPS) is 32.0. The Morgan fingerprint density at radius 2 is 1.61 bits per heavy atom. The van der Waals surface area contributed by atoms with Gasteiger partial charge in [0.25, 0.3) is 0 Å². The molecule has 3 heterocycles. The van der Waals surface area contributed by atoms with Crippen LogP contribution >= 0.6 is 0 Å². The second-order valence-electron chi connectivity index (χ2n) is 7.62. The Balaban J connectivity index is 1.76. The van der Waals surface area contributed by atoms with E-state index in [0.717, 1.165) is 6.21 Å². The van der Waals surface area contributed by atoms with Crippen molar-refractivity contribution in [2.24, 2.45) is 0 Å². The predicted octanol–water partition coefficient (Wildman–Crippen LogP) is 1.15. The van der Waals surface area contributed by atoms with Crippen LogP contribution in [0.3, 0.4) is 0 Å². The average Bonchev–Trinajstić information content (AvgIpc) is 3.22. The molecule has 11 nitrogen and oxygen atoms in total. The third-order valence-corrected chi connectivity index (χ3v) is 4.37. The van der Waals surface area contributed by atoms with E-state index in [-0.39, 0.29) is 18.9 Å². The maximum atomic E-state index is 12.4. The number of rotatable bonds is 6. The lowest BCUT2D eigenvalue weighted by molar-refractivity contribution is -0.466. The fraction of sp³-hybridized carbons (Fsp3) is 0.706. The van der Waals surface area contributed by atoms with Gasteiger partial charge >= 0.3 is 5.88 Å². The lowest BCUT2D eigenvalue weighted by Crippen LogP contribution is -2.45. The zero-order valence-electron chi connectivity index (χ0n) is 16.1. The second-order valence-corrected chi connectivity index (χ2v) is 7.62. The van der Waals surface area contributed by atoms with Gasteiger partial charge in [-0.1, -0.05) is 0 Å². The summed E-state index contributed by atoms with van der Waals surface area (Å²) in [4.78, 5) is 9.99. The third-order valence-electron chi connectivity index (χ3n) is 4.37. The minimum atomic E-state index is -0.963. The van der Waals surface area contributed by atoms with E-state index >= 15 is 0 Å². The SMILES string of the molecule is CC1(C)O[C@H]([C@@H]2OC(C)(C)O[C@@H]2CO)[C@@H](C/[N+]([O-])=C/c2ccc([N+](=O)[O-])o2)O1. The third kappa shape index (κ3) is 4.50. The maximum absolute atomic E-state index is 12.4. The minimum absolute atomic E-state index is 0.0474. The van der Waals surface area contributed by atoms with Crippen LogP contribution in [0.2, 0.25) is 0 Å². The van der Waals surface area contributed by atoms with Gasteiger partial charge in [0.15, 0.2) is 23.9 Å². The van der Waals surface area contributed by atoms with Crippen LogP contribution in [-0.4, -0.2) is 70.1 Å². The van der Waals surface area contributed by atoms with Crippen LogP contribution in [0.4, 0.5) is 5.88 Å². The van der Waals surface area contributed by atoms with E-state index in [9.17, 15) is 20.4 Å². The highest BCUT2D eigenvalue weighted by Crippen LogP contribution is 2.38. The summed E-state index contributed by atoms with van der Waals surface area (Å²) in [5.74, 6) is -2.28. The number of aliphatic hydroxyl groups is 1. The molecule has 2 aliphatic rings. The second kappa shape index (κ2) is 7.41. The number of nitrogens with zero attached hydrogens (tertiary/aromatic N) is 2. The minimum Gasteiger partial charge on any atom is -0.624 e. The van der Waals surface area contributed by atoms with Gasteiger partial charge in [-0.2, -0.15) is 0 Å². The topological polar surface area (TPSA) is 139 Å². The summed E-state index contributed by atoms with van der Waals surface area (Å²) in [5.41, 5.74) is 0. The van der Waals surface area contributed by atoms with Gasteiger partial charge in [-0.05, 0) is 33.8 Å². The van der Waals surface area contributed by atoms with Gasteiger partial charge in [-0.15, -0.1) is 0 Å². The summed E-state index contributed by atoms with van der Waals surface area (Å²) >= 11 is 0. The van der Waals surface area contributed by atoms with Crippen molar-refractivity contribution in [3.63, 3.8) is 0 Å². The van der Waals surface area contributed by atoms with Crippen molar-refractivity contribution in [2.45, 2.75) is 63.7 Å². The van der Waals surface area contributed by atoms with Gasteiger partial charge in [0.1, 0.15) is 29.3 Å². The summed E-state index contributed by atoms with van der Waals surface area (Å²) in [6.45, 7) is 6.46. The molecule has 1 N–H and O–H groups in total. The standard InChI is InChI=1S/C17H24N2O9/c1-16(2)25-11(8-18(21)7-10-5-6-13(24-10)19(22)23)14(27-16)15-12(9-20)26-17(3,4)28-15/h5-7,11-12,14-15,20H,8-9H2,1-4H3/b18-7-/t11-,12-,14+,15-/m1/s1. The van der Waals surface area contributed by atoms with Gasteiger partial charge in [0.2, 0.25) is 6.21 Å². The van der Waals surface area contributed by atoms with Crippen molar-refractivity contribution < 1.29 is 38.1 Å². The Kier molecular flexibility index (Phi) is 5.47. The molecule has 0 amide bonds. The number of aliphatic hydroxyl groups excluding tert-OH is 1. The summed E-state index contributed by atoms with van der Waals surface area (Å²) in [6, 6.07) is 2.49. The van der Waals surface area contributed by atoms with E-state index in [1.165, 1.54) is 12.1 Å². The molecule has 4 atom stereocenters. The first-order chi connectivity index (χ1) is 13.0. The largest absolute Gasteiger partial charge is 0.624 e. The lowest BCUT2D eigenvalue weighted by Gasteiger charge is -2.25. The number of nitro groups is 1. The van der Waals surface area contributed by atoms with Crippen molar-refractivity contribution in [1.29, 1.82) is 0 Å². The molecule has 0 aromatic carbocycles. The number of hydrogen-bond acceptors (Lipinski definition) is 9. The molecule has 0 saturated carbocycles. The molecule has 0 spiro atoms. The number of hydrogen-bond donors (Lipinski definition) is 1. The van der Waals surface area contributed by atoms with Crippen molar-refractivity contribution in [3.05, 3.63) is 33.2 Å². The number of hydroxylamine groups is 1. The Labute approximate surface area is 161 Å². The molecule has 2 fully saturated rings. The summed E-state index contributed by atoms with van der Waals surface area (Å²) < 4.78 is 28.8. The molecular weight excluding hydrogens is 376 g/mol. The molecule has 0 aliphatic carbocycles. The Hall–Kier alpha value is -2.05. The van der Waals surface area contributed by atoms with Crippen molar-refractivity contribution in [3.8, 4) is 0 Å². The smallest absolute Gasteiger partial charge is 0.433 e. The van der Waals surface area contributed by atoms with Crippen LogP contribution in [0.5, 0.6) is 0 Å². The van der Waals surface area contributed by atoms with E-state index < -0.39 is 46.8 Å². The van der Waals surface area contributed by atoms with E-state index in [1.54, 1.807) is 27.7 Å². The molecule has 1 aromatic rings. The lowest BCUT2D eigenvalue weighted by atomic mass is 10.0. The number of ether oxygens (including phenoxy) is 4. The number of furan rings is 1. The van der Waals surface area contributed by atoms with Crippen LogP contribution in [0.15, 0.2) is 16.5 Å². The highest BCUT2D eigenvalue weighted by atomic mass is 16.8. The van der Waals surface area contributed by atoms with Crippen LogP contribution in [-0.2, 0) is 18.9 Å². The quantitative estimate of drug-likeness (QED) is 0.245. The van der Waals surface area contributed by atoms with Crippen LogP contribution in [0, 0.1) is 15.3 Å². The first-order valence-corrected chi connectivity index (χ1v) is 8.85. The maximum Gasteiger partial charge on any atom is 0.433 e. The molecule has 0 radical (unpaired) electrons. The molecule has 2 saturated heterocycles. The summed E-state index contributed by atoms with van der Waals surface area (Å²) in [6.07, 6.45) is -1.52. The highest BCUT2D eigenvalue weighted by Gasteiger charge is 2.54. The van der Waals surface area contributed by atoms with Crippen LogP contribution < -0.4 is 0 Å². The van der Waals surface area contributed by atoms with E-state index in [1.807, 2.05) is 0 Å². The van der Waals surface area contributed by atoms with E-state index in [0.29, 0.717) is 4.74 Å². The van der Waals surface area contributed by atoms with E-state index in [4.69, 9.17) is 23.4 Å². The van der Waals surface area contributed by atoms with Gasteiger partial charge in [0.05, 0.1) is 12.7 Å². The molecule has 0 unspecified atom stereocenters. The Bertz CT molecular complexity index is 758. The summed E-state index contributed by atoms with van der Waals surface area (Å²) in [7, 11) is 0. The fourth-order valence-electron chi connectivity index (χ4n) is 3.45.